The molecule has 1 saturated heterocycles. The van der Waals surface area contributed by atoms with Crippen molar-refractivity contribution >= 4 is 11.8 Å². The van der Waals surface area contributed by atoms with E-state index in [-0.39, 0.29) is 47.2 Å². The average molecular weight is 485 g/mol. The molecule has 3 heterocycles. The Morgan fingerprint density at radius 2 is 2.03 bits per heavy atom. The molecule has 4 aliphatic rings. The first-order valence-electron chi connectivity index (χ1n) is 11.9. The summed E-state index contributed by atoms with van der Waals surface area (Å²) in [6.07, 6.45) is 5.47. The molecule has 0 radical (unpaired) electrons. The molecule has 35 heavy (non-hydrogen) atoms. The highest BCUT2D eigenvalue weighted by atomic mass is 19.1. The van der Waals surface area contributed by atoms with Gasteiger partial charge in [0.1, 0.15) is 17.2 Å². The van der Waals surface area contributed by atoms with Crippen molar-refractivity contribution in [2.45, 2.75) is 69.0 Å². The number of halogens is 2. The Hall–Kier alpha value is -3.27. The highest BCUT2D eigenvalue weighted by Crippen LogP contribution is 2.47. The summed E-state index contributed by atoms with van der Waals surface area (Å²) in [7, 11) is 1.29. The SMILES string of the molecule is COc1c2n(cc(C(=O)NC3(c4ccc(F)cc4F)CC3)c1=O)CC1O[C@@H]3CCC[C@H](C3)N1C2=O. The van der Waals surface area contributed by atoms with Crippen LogP contribution in [-0.4, -0.2) is 46.8 Å². The molecule has 2 aliphatic carbocycles. The van der Waals surface area contributed by atoms with Crippen molar-refractivity contribution in [3.05, 3.63) is 63.1 Å². The van der Waals surface area contributed by atoms with Gasteiger partial charge in [-0.3, -0.25) is 14.4 Å². The normalized spacial score (nSPS) is 26.0. The van der Waals surface area contributed by atoms with Crippen LogP contribution in [0, 0.1) is 11.6 Å². The number of hydrogen-bond donors (Lipinski definition) is 1. The number of ether oxygens (including phenoxy) is 2. The van der Waals surface area contributed by atoms with E-state index in [2.05, 4.69) is 5.32 Å². The Labute approximate surface area is 199 Å². The monoisotopic (exact) mass is 485 g/mol. The molecule has 1 unspecified atom stereocenters. The third-order valence-electron chi connectivity index (χ3n) is 7.68. The molecule has 1 N–H and O–H groups in total. The maximum atomic E-state index is 14.4. The maximum absolute atomic E-state index is 14.4. The summed E-state index contributed by atoms with van der Waals surface area (Å²) >= 11 is 0. The smallest absolute Gasteiger partial charge is 0.276 e. The summed E-state index contributed by atoms with van der Waals surface area (Å²) in [5.74, 6) is -2.72. The number of fused-ring (bicyclic) bond motifs is 5. The van der Waals surface area contributed by atoms with Crippen LogP contribution in [0.15, 0.2) is 29.2 Å². The minimum absolute atomic E-state index is 0.0527. The number of benzene rings is 1. The first kappa shape index (κ1) is 22.2. The van der Waals surface area contributed by atoms with Gasteiger partial charge in [-0.15, -0.1) is 0 Å². The number of rotatable bonds is 4. The van der Waals surface area contributed by atoms with Gasteiger partial charge in [0.05, 0.1) is 25.3 Å². The number of hydrogen-bond acceptors (Lipinski definition) is 5. The summed E-state index contributed by atoms with van der Waals surface area (Å²) in [6.45, 7) is 0.267. The van der Waals surface area contributed by atoms with E-state index in [1.807, 2.05) is 0 Å². The average Bonchev–Trinajstić information content (AvgIpc) is 3.59. The molecule has 2 saturated carbocycles. The van der Waals surface area contributed by atoms with Crippen LogP contribution in [0.1, 0.15) is 64.9 Å². The van der Waals surface area contributed by atoms with Crippen LogP contribution in [0.3, 0.4) is 0 Å². The minimum atomic E-state index is -1.01. The van der Waals surface area contributed by atoms with Gasteiger partial charge in [-0.25, -0.2) is 8.78 Å². The van der Waals surface area contributed by atoms with Crippen LogP contribution >= 0.6 is 0 Å². The van der Waals surface area contributed by atoms with Gasteiger partial charge < -0.3 is 24.3 Å². The molecular formula is C25H25F2N3O5. The van der Waals surface area contributed by atoms with Gasteiger partial charge in [-0.1, -0.05) is 6.07 Å². The Morgan fingerprint density at radius 3 is 2.74 bits per heavy atom. The quantitative estimate of drug-likeness (QED) is 0.719. The Morgan fingerprint density at radius 1 is 1.23 bits per heavy atom. The van der Waals surface area contributed by atoms with Crippen LogP contribution in [0.25, 0.3) is 0 Å². The second-order valence-corrected chi connectivity index (χ2v) is 9.81. The fourth-order valence-electron chi connectivity index (χ4n) is 5.84. The number of carbonyl (C=O) groups excluding carboxylic acids is 2. The van der Waals surface area contributed by atoms with Crippen LogP contribution in [0.4, 0.5) is 8.78 Å². The highest BCUT2D eigenvalue weighted by Gasteiger charge is 2.49. The van der Waals surface area contributed by atoms with E-state index in [4.69, 9.17) is 9.47 Å². The predicted octanol–water partition coefficient (Wildman–Crippen LogP) is 2.68. The van der Waals surface area contributed by atoms with Crippen molar-refractivity contribution in [3.63, 3.8) is 0 Å². The van der Waals surface area contributed by atoms with Gasteiger partial charge in [0, 0.05) is 23.9 Å². The molecule has 3 atom stereocenters. The van der Waals surface area contributed by atoms with Crippen molar-refractivity contribution in [2.24, 2.45) is 0 Å². The van der Waals surface area contributed by atoms with E-state index in [9.17, 15) is 23.2 Å². The van der Waals surface area contributed by atoms with Crippen molar-refractivity contribution in [1.29, 1.82) is 0 Å². The molecule has 184 valence electrons. The number of amides is 2. The topological polar surface area (TPSA) is 89.9 Å². The molecule has 10 heteroatoms. The second kappa shape index (κ2) is 7.87. The fourth-order valence-corrected chi connectivity index (χ4v) is 5.84. The van der Waals surface area contributed by atoms with Gasteiger partial charge in [0.2, 0.25) is 5.43 Å². The predicted molar refractivity (Wildman–Crippen MR) is 119 cm³/mol. The van der Waals surface area contributed by atoms with Crippen molar-refractivity contribution in [3.8, 4) is 5.75 Å². The standard InChI is InChI=1S/C25H25F2N3O5/c1-34-22-20-24(33)30-14-3-2-4-15(10-14)35-19(30)12-29(20)11-16(21(22)31)23(32)28-25(7-8-25)17-6-5-13(26)9-18(17)27/h5-6,9,11,14-15,19H,2-4,7-8,10,12H2,1H3,(H,28,32)/t14-,15-,19?/m1/s1. The zero-order valence-electron chi connectivity index (χ0n) is 19.2. The van der Waals surface area contributed by atoms with Crippen molar-refractivity contribution in [2.75, 3.05) is 7.11 Å². The lowest BCUT2D eigenvalue weighted by Gasteiger charge is -2.50. The van der Waals surface area contributed by atoms with E-state index in [0.29, 0.717) is 12.8 Å². The lowest BCUT2D eigenvalue weighted by Crippen LogP contribution is -2.61. The summed E-state index contributed by atoms with van der Waals surface area (Å²) < 4.78 is 40.9. The second-order valence-electron chi connectivity index (χ2n) is 9.81. The summed E-state index contributed by atoms with van der Waals surface area (Å²) in [5.41, 5.74) is -1.66. The van der Waals surface area contributed by atoms with Crippen LogP contribution in [-0.2, 0) is 16.8 Å². The molecule has 3 fully saturated rings. The van der Waals surface area contributed by atoms with Crippen molar-refractivity contribution < 1.29 is 27.8 Å². The maximum Gasteiger partial charge on any atom is 0.276 e. The lowest BCUT2D eigenvalue weighted by molar-refractivity contribution is -0.170. The first-order chi connectivity index (χ1) is 16.8. The van der Waals surface area contributed by atoms with Gasteiger partial charge >= 0.3 is 0 Å². The van der Waals surface area contributed by atoms with Gasteiger partial charge in [0.25, 0.3) is 11.8 Å². The van der Waals surface area contributed by atoms with Gasteiger partial charge in [-0.2, -0.15) is 0 Å². The molecule has 6 rings (SSSR count). The third kappa shape index (κ3) is 3.45. The molecule has 2 aromatic rings. The Bertz CT molecular complexity index is 1300. The number of pyridine rings is 1. The largest absolute Gasteiger partial charge is 0.491 e. The summed E-state index contributed by atoms with van der Waals surface area (Å²) in [5, 5.41) is 2.76. The highest BCUT2D eigenvalue weighted by molar-refractivity contribution is 5.99. The molecule has 2 aliphatic heterocycles. The summed E-state index contributed by atoms with van der Waals surface area (Å²) in [6, 6.07) is 3.27. The molecule has 2 bridgehead atoms. The van der Waals surface area contributed by atoms with E-state index < -0.39 is 34.7 Å². The van der Waals surface area contributed by atoms with Crippen molar-refractivity contribution in [1.82, 2.24) is 14.8 Å². The zero-order valence-corrected chi connectivity index (χ0v) is 19.2. The number of nitrogens with zero attached hydrogens (tertiary/aromatic N) is 2. The zero-order chi connectivity index (χ0) is 24.5. The van der Waals surface area contributed by atoms with Crippen LogP contribution < -0.4 is 15.5 Å². The molecule has 0 spiro atoms. The van der Waals surface area contributed by atoms with Gasteiger partial charge in [-0.05, 0) is 44.6 Å². The molecule has 2 amide bonds. The molecule has 8 nitrogen and oxygen atoms in total. The lowest BCUT2D eigenvalue weighted by atomic mass is 9.89. The number of nitrogens with one attached hydrogen (secondary N) is 1. The molecule has 1 aromatic heterocycles. The molecule has 1 aromatic carbocycles. The summed E-state index contributed by atoms with van der Waals surface area (Å²) in [4.78, 5) is 41.7. The first-order valence-corrected chi connectivity index (χ1v) is 11.9. The van der Waals surface area contributed by atoms with E-state index in [1.165, 1.54) is 19.4 Å². The minimum Gasteiger partial charge on any atom is -0.491 e. The third-order valence-corrected chi connectivity index (χ3v) is 7.68. The number of carbonyl (C=O) groups is 2. The van der Waals surface area contributed by atoms with Gasteiger partial charge in [0.15, 0.2) is 17.7 Å². The number of aromatic nitrogens is 1. The van der Waals surface area contributed by atoms with Crippen LogP contribution in [0.5, 0.6) is 5.75 Å². The van der Waals surface area contributed by atoms with E-state index in [1.54, 1.807) is 9.47 Å². The van der Waals surface area contributed by atoms with Crippen LogP contribution in [0.2, 0.25) is 0 Å². The fraction of sp³-hybridized carbons (Fsp3) is 0.480. The Kier molecular flexibility index (Phi) is 5.00. The van der Waals surface area contributed by atoms with E-state index >= 15 is 0 Å². The molecular weight excluding hydrogens is 460 g/mol. The number of methoxy groups -OCH3 is 1. The Balaban J connectivity index is 1.36. The van der Waals surface area contributed by atoms with E-state index in [0.717, 1.165) is 37.8 Å².